The van der Waals surface area contributed by atoms with Crippen molar-refractivity contribution in [3.63, 3.8) is 0 Å². The monoisotopic (exact) mass is 315 g/mol. The molecule has 1 aromatic carbocycles. The van der Waals surface area contributed by atoms with Gasteiger partial charge in [0.1, 0.15) is 0 Å². The van der Waals surface area contributed by atoms with Crippen molar-refractivity contribution < 1.29 is 24.4 Å². The van der Waals surface area contributed by atoms with Gasteiger partial charge >= 0.3 is 125 Å². The van der Waals surface area contributed by atoms with E-state index in [0.29, 0.717) is 6.61 Å². The van der Waals surface area contributed by atoms with Crippen molar-refractivity contribution in [2.45, 2.75) is 33.4 Å². The quantitative estimate of drug-likeness (QED) is 0.614. The topological polar surface area (TPSA) is 18.5 Å². The summed E-state index contributed by atoms with van der Waals surface area (Å²) in [6.07, 6.45) is 0.853. The number of hydrogen-bond acceptors (Lipinski definition) is 2. The maximum atomic E-state index is 5.93. The zero-order valence-electron chi connectivity index (χ0n) is 11.9. The number of aryl methyl sites for hydroxylation is 1. The van der Waals surface area contributed by atoms with Crippen molar-refractivity contribution in [2.24, 2.45) is 0 Å². The molecule has 0 spiro atoms. The van der Waals surface area contributed by atoms with Crippen molar-refractivity contribution in [1.82, 2.24) is 0 Å². The molecule has 2 nitrogen and oxygen atoms in total. The Morgan fingerprint density at radius 1 is 1.21 bits per heavy atom. The molecule has 0 N–H and O–H groups in total. The fourth-order valence-electron chi connectivity index (χ4n) is 1.37. The molecule has 1 aromatic rings. The van der Waals surface area contributed by atoms with Gasteiger partial charge in [0.15, 0.2) is 0 Å². The molecule has 0 heterocycles. The predicted octanol–water partition coefficient (Wildman–Crippen LogP) is 3.17. The molecule has 0 saturated heterocycles. The van der Waals surface area contributed by atoms with Crippen LogP contribution in [0.1, 0.15) is 24.5 Å². The first kappa shape index (κ1) is 16.4. The maximum absolute atomic E-state index is 5.93. The third kappa shape index (κ3) is 6.33. The Labute approximate surface area is 125 Å². The molecule has 0 aromatic heterocycles. The molecular formula is C15H20MnO2Si. The molecule has 4 heteroatoms. The Hall–Kier alpha value is -0.694. The van der Waals surface area contributed by atoms with E-state index in [4.69, 9.17) is 8.85 Å². The zero-order chi connectivity index (χ0) is 14.3. The normalized spacial score (nSPS) is 10.7. The molecule has 0 radical (unpaired) electrons. The van der Waals surface area contributed by atoms with Gasteiger partial charge in [-0.2, -0.15) is 0 Å². The van der Waals surface area contributed by atoms with Gasteiger partial charge in [0.25, 0.3) is 0 Å². The Kier molecular flexibility index (Phi) is 6.71. The zero-order valence-corrected chi connectivity index (χ0v) is 14.1. The summed E-state index contributed by atoms with van der Waals surface area (Å²) in [6.45, 7) is 8.54. The second kappa shape index (κ2) is 7.79. The van der Waals surface area contributed by atoms with Crippen molar-refractivity contribution >= 4 is 13.2 Å². The Bertz CT molecular complexity index is 483. The van der Waals surface area contributed by atoms with Crippen molar-refractivity contribution in [3.05, 3.63) is 35.4 Å². The van der Waals surface area contributed by atoms with E-state index in [1.165, 1.54) is 5.56 Å². The fraction of sp³-hybridized carbons (Fsp3) is 0.400. The van der Waals surface area contributed by atoms with Crippen LogP contribution in [-0.2, 0) is 24.4 Å². The first-order chi connectivity index (χ1) is 8.94. The van der Waals surface area contributed by atoms with E-state index in [-0.39, 0.29) is 0 Å². The van der Waals surface area contributed by atoms with Gasteiger partial charge in [-0.3, -0.25) is 0 Å². The first-order valence-electron chi connectivity index (χ1n) is 6.33. The van der Waals surface area contributed by atoms with E-state index in [2.05, 4.69) is 46.5 Å². The summed E-state index contributed by atoms with van der Waals surface area (Å²) in [4.78, 5) is 0. The summed E-state index contributed by atoms with van der Waals surface area (Å²) < 4.78 is 12.4. The van der Waals surface area contributed by atoms with Gasteiger partial charge in [0.05, 0.1) is 0 Å². The molecule has 0 amide bonds. The summed E-state index contributed by atoms with van der Waals surface area (Å²) in [5, 5.41) is 0. The van der Waals surface area contributed by atoms with Crippen LogP contribution in [0.25, 0.3) is 0 Å². The van der Waals surface area contributed by atoms with Crippen LogP contribution in [0.4, 0.5) is 0 Å². The van der Waals surface area contributed by atoms with Gasteiger partial charge < -0.3 is 0 Å². The van der Waals surface area contributed by atoms with E-state index in [9.17, 15) is 0 Å². The minimum absolute atomic E-state index is 0.432. The van der Waals surface area contributed by atoms with E-state index in [1.54, 1.807) is 0 Å². The molecule has 0 saturated carbocycles. The van der Waals surface area contributed by atoms with Gasteiger partial charge in [-0.05, 0) is 0 Å². The van der Waals surface area contributed by atoms with Gasteiger partial charge in [-0.15, -0.1) is 0 Å². The molecule has 1 rings (SSSR count). The number of rotatable bonds is 5. The summed E-state index contributed by atoms with van der Waals surface area (Å²) >= 11 is 3.48. The van der Waals surface area contributed by atoms with Crippen molar-refractivity contribution in [1.29, 1.82) is 0 Å². The minimum atomic E-state index is -2.20. The van der Waals surface area contributed by atoms with Gasteiger partial charge in [0, 0.05) is 0 Å². The Balaban J connectivity index is 2.57. The Morgan fingerprint density at radius 2 is 1.84 bits per heavy atom. The van der Waals surface area contributed by atoms with Crippen LogP contribution in [0.15, 0.2) is 24.3 Å². The average Bonchev–Trinajstić information content (AvgIpc) is 2.35. The van der Waals surface area contributed by atoms with E-state index in [0.717, 1.165) is 16.6 Å². The molecular weight excluding hydrogens is 295 g/mol. The van der Waals surface area contributed by atoms with Gasteiger partial charge in [-0.1, -0.05) is 0 Å². The van der Waals surface area contributed by atoms with Crippen molar-refractivity contribution in [3.8, 4) is 11.8 Å². The number of hydrogen-bond donors (Lipinski definition) is 0. The van der Waals surface area contributed by atoms with E-state index < -0.39 is 8.56 Å². The van der Waals surface area contributed by atoms with Crippen LogP contribution in [0, 0.1) is 18.8 Å². The predicted molar refractivity (Wildman–Crippen MR) is 77.9 cm³/mol. The Morgan fingerprint density at radius 3 is 2.42 bits per heavy atom. The average molecular weight is 315 g/mol. The molecule has 0 bridgehead atoms. The SMILES string of the molecule is CCC#CCO[Si](C)(C)O[C](=[Mn])c1ccc(C)cc1. The first-order valence-corrected chi connectivity index (χ1v) is 9.73. The molecule has 0 fully saturated rings. The third-order valence-corrected chi connectivity index (χ3v) is 4.62. The third-order valence-electron chi connectivity index (χ3n) is 2.41. The molecule has 103 valence electrons. The molecule has 0 aliphatic carbocycles. The summed E-state index contributed by atoms with van der Waals surface area (Å²) in [5.74, 6) is 5.95. The van der Waals surface area contributed by atoms with Crippen LogP contribution >= 0.6 is 0 Å². The summed E-state index contributed by atoms with van der Waals surface area (Å²) in [5.41, 5.74) is 2.25. The van der Waals surface area contributed by atoms with Crippen molar-refractivity contribution in [2.75, 3.05) is 6.61 Å². The van der Waals surface area contributed by atoms with Gasteiger partial charge in [0.2, 0.25) is 0 Å². The summed E-state index contributed by atoms with van der Waals surface area (Å²) in [6, 6.07) is 8.17. The molecule has 19 heavy (non-hydrogen) atoms. The molecule has 0 atom stereocenters. The molecule has 0 aliphatic rings. The van der Waals surface area contributed by atoms with Crippen LogP contribution in [0.5, 0.6) is 0 Å². The van der Waals surface area contributed by atoms with Crippen LogP contribution in [0.3, 0.4) is 0 Å². The second-order valence-corrected chi connectivity index (χ2v) is 8.47. The molecule has 0 aliphatic heterocycles. The van der Waals surface area contributed by atoms with E-state index >= 15 is 0 Å². The number of benzene rings is 1. The van der Waals surface area contributed by atoms with Gasteiger partial charge in [-0.25, -0.2) is 0 Å². The van der Waals surface area contributed by atoms with Crippen LogP contribution in [-0.4, -0.2) is 19.8 Å². The molecule has 0 unspecified atom stereocenters. The summed E-state index contributed by atoms with van der Waals surface area (Å²) in [7, 11) is -2.20. The second-order valence-electron chi connectivity index (χ2n) is 4.64. The fourth-order valence-corrected chi connectivity index (χ4v) is 3.47. The van der Waals surface area contributed by atoms with Crippen LogP contribution < -0.4 is 0 Å². The standard InChI is InChI=1S/C15H20O2Si.Mn/c1-5-6-7-12-16-18(3,4)17-13-15-10-8-14(2)9-11-15;/h8-11H,5,12H2,1-4H3;. The van der Waals surface area contributed by atoms with E-state index in [1.807, 2.05) is 32.2 Å². The van der Waals surface area contributed by atoms with Crippen LogP contribution in [0.2, 0.25) is 13.1 Å².